The number of benzene rings is 1. The molecule has 1 atom stereocenters. The number of halogens is 3. The van der Waals surface area contributed by atoms with Crippen LogP contribution >= 0.6 is 0 Å². The molecular weight excluding hydrogens is 255 g/mol. The van der Waals surface area contributed by atoms with Gasteiger partial charge in [0.25, 0.3) is 0 Å². The molecule has 1 rings (SSSR count). The summed E-state index contributed by atoms with van der Waals surface area (Å²) in [4.78, 5) is 11.7. The van der Waals surface area contributed by atoms with Crippen LogP contribution in [0.15, 0.2) is 24.3 Å². The normalized spacial score (nSPS) is 13.6. The molecular formula is C14H18F3NO. The summed E-state index contributed by atoms with van der Waals surface area (Å²) in [5.41, 5.74) is 5.50. The summed E-state index contributed by atoms with van der Waals surface area (Å²) in [7, 11) is 0. The van der Waals surface area contributed by atoms with Crippen molar-refractivity contribution in [1.82, 2.24) is 0 Å². The number of ketones is 1. The molecule has 0 saturated heterocycles. The number of hydrogen-bond acceptors (Lipinski definition) is 2. The van der Waals surface area contributed by atoms with E-state index < -0.39 is 17.8 Å². The van der Waals surface area contributed by atoms with Crippen LogP contribution < -0.4 is 5.73 Å². The molecule has 0 fully saturated rings. The molecule has 0 radical (unpaired) electrons. The van der Waals surface area contributed by atoms with Gasteiger partial charge in [0.2, 0.25) is 0 Å². The zero-order chi connectivity index (χ0) is 14.6. The second-order valence-corrected chi connectivity index (χ2v) is 4.93. The highest BCUT2D eigenvalue weighted by atomic mass is 19.4. The average molecular weight is 273 g/mol. The van der Waals surface area contributed by atoms with E-state index in [0.717, 1.165) is 12.1 Å². The fourth-order valence-corrected chi connectivity index (χ4v) is 1.71. The molecule has 0 heterocycles. The van der Waals surface area contributed by atoms with Crippen LogP contribution in [0.2, 0.25) is 0 Å². The van der Waals surface area contributed by atoms with Gasteiger partial charge in [-0.3, -0.25) is 4.79 Å². The summed E-state index contributed by atoms with van der Waals surface area (Å²) >= 11 is 0. The van der Waals surface area contributed by atoms with E-state index in [9.17, 15) is 18.0 Å². The summed E-state index contributed by atoms with van der Waals surface area (Å²) in [6, 6.07) is 4.49. The first-order valence-electron chi connectivity index (χ1n) is 6.16. The third-order valence-electron chi connectivity index (χ3n) is 3.00. The van der Waals surface area contributed by atoms with Gasteiger partial charge in [0.1, 0.15) is 5.78 Å². The highest BCUT2D eigenvalue weighted by Crippen LogP contribution is 2.29. The number of rotatable bonds is 5. The Labute approximate surface area is 110 Å². The highest BCUT2D eigenvalue weighted by molar-refractivity contribution is 5.84. The summed E-state index contributed by atoms with van der Waals surface area (Å²) in [6.07, 6.45) is -3.90. The predicted molar refractivity (Wildman–Crippen MR) is 67.6 cm³/mol. The summed E-state index contributed by atoms with van der Waals surface area (Å²) in [6.45, 7) is 3.68. The van der Waals surface area contributed by atoms with Gasteiger partial charge in [-0.1, -0.05) is 32.0 Å². The van der Waals surface area contributed by atoms with Gasteiger partial charge in [0.15, 0.2) is 0 Å². The topological polar surface area (TPSA) is 43.1 Å². The average Bonchev–Trinajstić information content (AvgIpc) is 2.34. The molecule has 1 aromatic rings. The second-order valence-electron chi connectivity index (χ2n) is 4.93. The second kappa shape index (κ2) is 6.19. The van der Waals surface area contributed by atoms with E-state index in [1.165, 1.54) is 6.07 Å². The highest BCUT2D eigenvalue weighted by Gasteiger charge is 2.30. The van der Waals surface area contributed by atoms with Crippen molar-refractivity contribution in [2.45, 2.75) is 38.9 Å². The maximum Gasteiger partial charge on any atom is 0.416 e. The molecule has 0 aliphatic heterocycles. The first kappa shape index (κ1) is 15.7. The lowest BCUT2D eigenvalue weighted by atomic mass is 9.96. The molecule has 0 bridgehead atoms. The fraction of sp³-hybridized carbons (Fsp3) is 0.500. The number of hydrogen-bond donors (Lipinski definition) is 1. The molecule has 19 heavy (non-hydrogen) atoms. The van der Waals surface area contributed by atoms with E-state index in [1.807, 2.05) is 13.8 Å². The monoisotopic (exact) mass is 273 g/mol. The largest absolute Gasteiger partial charge is 0.416 e. The predicted octanol–water partition coefficient (Wildman–Crippen LogP) is 3.19. The number of carbonyl (C=O) groups excluding carboxylic acids is 1. The standard InChI is InChI=1S/C14H18F3NO/c1-9(2)13(18)12(19)7-6-10-4-3-5-11(8-10)14(15,16)17/h3-5,8-9,13H,6-7,18H2,1-2H3/t13-/m1/s1. The van der Waals surface area contributed by atoms with Crippen molar-refractivity contribution in [2.75, 3.05) is 0 Å². The lowest BCUT2D eigenvalue weighted by Gasteiger charge is -2.14. The van der Waals surface area contributed by atoms with Gasteiger partial charge in [0, 0.05) is 6.42 Å². The quantitative estimate of drug-likeness (QED) is 0.895. The molecule has 5 heteroatoms. The van der Waals surface area contributed by atoms with Gasteiger partial charge in [-0.2, -0.15) is 13.2 Å². The Morgan fingerprint density at radius 2 is 1.95 bits per heavy atom. The summed E-state index contributed by atoms with van der Waals surface area (Å²) < 4.78 is 37.5. The van der Waals surface area contributed by atoms with E-state index in [2.05, 4.69) is 0 Å². The van der Waals surface area contributed by atoms with E-state index in [1.54, 1.807) is 6.07 Å². The Bertz CT molecular complexity index is 441. The van der Waals surface area contributed by atoms with Crippen LogP contribution in [0.1, 0.15) is 31.4 Å². The zero-order valence-corrected chi connectivity index (χ0v) is 11.0. The first-order valence-corrected chi connectivity index (χ1v) is 6.16. The van der Waals surface area contributed by atoms with Gasteiger partial charge in [-0.15, -0.1) is 0 Å². The van der Waals surface area contributed by atoms with Gasteiger partial charge in [-0.25, -0.2) is 0 Å². The van der Waals surface area contributed by atoms with Crippen molar-refractivity contribution in [3.63, 3.8) is 0 Å². The summed E-state index contributed by atoms with van der Waals surface area (Å²) in [5.74, 6) is -0.0820. The van der Waals surface area contributed by atoms with Crippen LogP contribution in [-0.4, -0.2) is 11.8 Å². The van der Waals surface area contributed by atoms with Crippen LogP contribution in [0, 0.1) is 5.92 Å². The van der Waals surface area contributed by atoms with Crippen molar-refractivity contribution in [3.05, 3.63) is 35.4 Å². The SMILES string of the molecule is CC(C)[C@@H](N)C(=O)CCc1cccc(C(F)(F)F)c1. The number of carbonyl (C=O) groups is 1. The molecule has 106 valence electrons. The lowest BCUT2D eigenvalue weighted by molar-refractivity contribution is -0.137. The van der Waals surface area contributed by atoms with Gasteiger partial charge < -0.3 is 5.73 Å². The minimum absolute atomic E-state index is 0.0361. The minimum atomic E-state index is -4.35. The van der Waals surface area contributed by atoms with E-state index in [0.29, 0.717) is 5.56 Å². The molecule has 0 amide bonds. The minimum Gasteiger partial charge on any atom is -0.321 e. The molecule has 2 nitrogen and oxygen atoms in total. The van der Waals surface area contributed by atoms with Crippen molar-refractivity contribution < 1.29 is 18.0 Å². The van der Waals surface area contributed by atoms with Crippen LogP contribution in [0.5, 0.6) is 0 Å². The summed E-state index contributed by atoms with van der Waals surface area (Å²) in [5, 5.41) is 0. The van der Waals surface area contributed by atoms with E-state index in [4.69, 9.17) is 5.73 Å². The Kier molecular flexibility index (Phi) is 5.11. The van der Waals surface area contributed by atoms with Crippen LogP contribution in [-0.2, 0) is 17.4 Å². The Balaban J connectivity index is 2.66. The number of aryl methyl sites for hydroxylation is 1. The maximum absolute atomic E-state index is 12.5. The Morgan fingerprint density at radius 1 is 1.32 bits per heavy atom. The van der Waals surface area contributed by atoms with Crippen LogP contribution in [0.25, 0.3) is 0 Å². The van der Waals surface area contributed by atoms with Crippen LogP contribution in [0.4, 0.5) is 13.2 Å². The van der Waals surface area contributed by atoms with Gasteiger partial charge >= 0.3 is 6.18 Å². The van der Waals surface area contributed by atoms with Crippen molar-refractivity contribution in [2.24, 2.45) is 11.7 Å². The Morgan fingerprint density at radius 3 is 2.47 bits per heavy atom. The number of alkyl halides is 3. The molecule has 0 aliphatic carbocycles. The molecule has 0 unspecified atom stereocenters. The third kappa shape index (κ3) is 4.67. The lowest BCUT2D eigenvalue weighted by Crippen LogP contribution is -2.35. The van der Waals surface area contributed by atoms with Crippen LogP contribution in [0.3, 0.4) is 0 Å². The van der Waals surface area contributed by atoms with Crippen molar-refractivity contribution in [3.8, 4) is 0 Å². The Hall–Kier alpha value is -1.36. The molecule has 0 aliphatic rings. The van der Waals surface area contributed by atoms with Crippen molar-refractivity contribution in [1.29, 1.82) is 0 Å². The molecule has 0 saturated carbocycles. The maximum atomic E-state index is 12.5. The third-order valence-corrected chi connectivity index (χ3v) is 3.00. The van der Waals surface area contributed by atoms with Crippen molar-refractivity contribution >= 4 is 5.78 Å². The molecule has 0 aromatic heterocycles. The molecule has 0 spiro atoms. The van der Waals surface area contributed by atoms with Gasteiger partial charge in [0.05, 0.1) is 11.6 Å². The number of Topliss-reactive ketones (excluding diaryl/α,β-unsaturated/α-hetero) is 1. The van der Waals surface area contributed by atoms with E-state index in [-0.39, 0.29) is 24.5 Å². The van der Waals surface area contributed by atoms with E-state index >= 15 is 0 Å². The first-order chi connectivity index (χ1) is 8.71. The smallest absolute Gasteiger partial charge is 0.321 e. The fourth-order valence-electron chi connectivity index (χ4n) is 1.71. The molecule has 1 aromatic carbocycles. The number of nitrogens with two attached hydrogens (primary N) is 1. The zero-order valence-electron chi connectivity index (χ0n) is 11.0. The molecule has 2 N–H and O–H groups in total. The van der Waals surface area contributed by atoms with Gasteiger partial charge in [-0.05, 0) is 24.0 Å².